The highest BCUT2D eigenvalue weighted by atomic mass is 19.1. The number of nitrogen functional groups attached to an aromatic ring is 1. The van der Waals surface area contributed by atoms with Crippen molar-refractivity contribution in [3.05, 3.63) is 24.0 Å². The van der Waals surface area contributed by atoms with Gasteiger partial charge in [-0.25, -0.2) is 4.39 Å². The van der Waals surface area contributed by atoms with E-state index in [0.29, 0.717) is 6.04 Å². The van der Waals surface area contributed by atoms with E-state index in [9.17, 15) is 4.39 Å². The molecule has 1 unspecified atom stereocenters. The molecular formula is C12H17FN2. The van der Waals surface area contributed by atoms with Crippen LogP contribution in [-0.2, 0) is 0 Å². The molecule has 1 saturated heterocycles. The van der Waals surface area contributed by atoms with Gasteiger partial charge in [0.1, 0.15) is 5.82 Å². The van der Waals surface area contributed by atoms with Crippen LogP contribution in [0.4, 0.5) is 15.8 Å². The van der Waals surface area contributed by atoms with Crippen LogP contribution in [0.3, 0.4) is 0 Å². The topological polar surface area (TPSA) is 29.3 Å². The molecule has 2 rings (SSSR count). The van der Waals surface area contributed by atoms with E-state index >= 15 is 0 Å². The Morgan fingerprint density at radius 1 is 1.40 bits per heavy atom. The van der Waals surface area contributed by atoms with E-state index in [-0.39, 0.29) is 11.5 Å². The van der Waals surface area contributed by atoms with Crippen molar-refractivity contribution in [3.8, 4) is 0 Å². The molecule has 0 aliphatic carbocycles. The fraction of sp³-hybridized carbons (Fsp3) is 0.500. The molecule has 1 aliphatic rings. The Morgan fingerprint density at radius 2 is 2.20 bits per heavy atom. The van der Waals surface area contributed by atoms with Crippen LogP contribution in [0.5, 0.6) is 0 Å². The van der Waals surface area contributed by atoms with Gasteiger partial charge in [0.25, 0.3) is 0 Å². The maximum absolute atomic E-state index is 13.3. The molecule has 0 spiro atoms. The van der Waals surface area contributed by atoms with Crippen LogP contribution in [0.1, 0.15) is 26.2 Å². The largest absolute Gasteiger partial charge is 0.395 e. The van der Waals surface area contributed by atoms with Gasteiger partial charge in [-0.2, -0.15) is 0 Å². The second kappa shape index (κ2) is 4.09. The summed E-state index contributed by atoms with van der Waals surface area (Å²) in [6, 6.07) is 5.50. The molecule has 82 valence electrons. The van der Waals surface area contributed by atoms with Gasteiger partial charge in [0, 0.05) is 12.6 Å². The molecule has 0 radical (unpaired) electrons. The average molecular weight is 208 g/mol. The standard InChI is InChI=1S/C12H17FN2/c1-9-5-2-3-8-15(9)11-7-4-6-10(13)12(11)14/h4,6-7,9H,2-3,5,8,14H2,1H3. The molecule has 15 heavy (non-hydrogen) atoms. The van der Waals surface area contributed by atoms with E-state index in [4.69, 9.17) is 5.73 Å². The van der Waals surface area contributed by atoms with Crippen LogP contribution >= 0.6 is 0 Å². The Labute approximate surface area is 89.9 Å². The highest BCUT2D eigenvalue weighted by molar-refractivity contribution is 5.68. The summed E-state index contributed by atoms with van der Waals surface area (Å²) < 4.78 is 13.3. The molecule has 1 aliphatic heterocycles. The van der Waals surface area contributed by atoms with Gasteiger partial charge in [-0.05, 0) is 38.3 Å². The summed E-state index contributed by atoms with van der Waals surface area (Å²) in [6.07, 6.45) is 3.59. The zero-order valence-corrected chi connectivity index (χ0v) is 9.04. The zero-order valence-electron chi connectivity index (χ0n) is 9.04. The van der Waals surface area contributed by atoms with Crippen molar-refractivity contribution >= 4 is 11.4 Å². The minimum atomic E-state index is -0.315. The average Bonchev–Trinajstić information content (AvgIpc) is 2.23. The molecule has 2 N–H and O–H groups in total. The van der Waals surface area contributed by atoms with Crippen LogP contribution in [0, 0.1) is 5.82 Å². The minimum Gasteiger partial charge on any atom is -0.395 e. The lowest BCUT2D eigenvalue weighted by Gasteiger charge is -2.36. The van der Waals surface area contributed by atoms with Crippen LogP contribution in [0.2, 0.25) is 0 Å². The summed E-state index contributed by atoms with van der Waals surface area (Å²) >= 11 is 0. The number of halogens is 1. The zero-order chi connectivity index (χ0) is 10.8. The third-order valence-corrected chi connectivity index (χ3v) is 3.14. The normalized spacial score (nSPS) is 21.7. The van der Waals surface area contributed by atoms with Gasteiger partial charge in [-0.15, -0.1) is 0 Å². The van der Waals surface area contributed by atoms with Gasteiger partial charge in [-0.1, -0.05) is 6.07 Å². The Bertz CT molecular complexity index is 351. The first-order valence-electron chi connectivity index (χ1n) is 5.51. The number of benzene rings is 1. The molecular weight excluding hydrogens is 191 g/mol. The number of rotatable bonds is 1. The predicted octanol–water partition coefficient (Wildman–Crippen LogP) is 2.79. The lowest BCUT2D eigenvalue weighted by atomic mass is 10.0. The van der Waals surface area contributed by atoms with Crippen LogP contribution in [-0.4, -0.2) is 12.6 Å². The van der Waals surface area contributed by atoms with Crippen molar-refractivity contribution in [2.24, 2.45) is 0 Å². The molecule has 2 nitrogen and oxygen atoms in total. The van der Waals surface area contributed by atoms with Gasteiger partial charge in [0.2, 0.25) is 0 Å². The van der Waals surface area contributed by atoms with Crippen LogP contribution in [0.25, 0.3) is 0 Å². The highest BCUT2D eigenvalue weighted by Crippen LogP contribution is 2.30. The maximum Gasteiger partial charge on any atom is 0.148 e. The van der Waals surface area contributed by atoms with E-state index < -0.39 is 0 Å². The number of para-hydroxylation sites is 1. The van der Waals surface area contributed by atoms with Gasteiger partial charge < -0.3 is 10.6 Å². The molecule has 0 amide bonds. The first-order valence-corrected chi connectivity index (χ1v) is 5.51. The molecule has 3 heteroatoms. The first-order chi connectivity index (χ1) is 7.20. The maximum atomic E-state index is 13.3. The van der Waals surface area contributed by atoms with Crippen molar-refractivity contribution in [1.82, 2.24) is 0 Å². The predicted molar refractivity (Wildman–Crippen MR) is 61.5 cm³/mol. The van der Waals surface area contributed by atoms with Crippen molar-refractivity contribution in [2.75, 3.05) is 17.2 Å². The minimum absolute atomic E-state index is 0.284. The van der Waals surface area contributed by atoms with E-state index in [1.54, 1.807) is 6.07 Å². The van der Waals surface area contributed by atoms with E-state index in [2.05, 4.69) is 11.8 Å². The van der Waals surface area contributed by atoms with Gasteiger partial charge in [-0.3, -0.25) is 0 Å². The summed E-state index contributed by atoms with van der Waals surface area (Å²) in [5.41, 5.74) is 6.89. The number of anilines is 2. The molecule has 1 heterocycles. The van der Waals surface area contributed by atoms with Crippen molar-refractivity contribution in [2.45, 2.75) is 32.2 Å². The number of nitrogens with zero attached hydrogens (tertiary/aromatic N) is 1. The molecule has 1 aromatic carbocycles. The molecule has 0 aromatic heterocycles. The lowest BCUT2D eigenvalue weighted by molar-refractivity contribution is 0.484. The van der Waals surface area contributed by atoms with E-state index in [1.165, 1.54) is 18.9 Å². The molecule has 1 fully saturated rings. The Morgan fingerprint density at radius 3 is 2.93 bits per heavy atom. The third-order valence-electron chi connectivity index (χ3n) is 3.14. The number of piperidine rings is 1. The van der Waals surface area contributed by atoms with E-state index in [1.807, 2.05) is 6.07 Å². The van der Waals surface area contributed by atoms with Crippen LogP contribution in [0.15, 0.2) is 18.2 Å². The Balaban J connectivity index is 2.31. The highest BCUT2D eigenvalue weighted by Gasteiger charge is 2.20. The molecule has 1 atom stereocenters. The fourth-order valence-electron chi connectivity index (χ4n) is 2.23. The Hall–Kier alpha value is -1.25. The van der Waals surface area contributed by atoms with Gasteiger partial charge in [0.05, 0.1) is 11.4 Å². The summed E-state index contributed by atoms with van der Waals surface area (Å²) in [7, 11) is 0. The monoisotopic (exact) mass is 208 g/mol. The van der Waals surface area contributed by atoms with E-state index in [0.717, 1.165) is 18.7 Å². The molecule has 0 saturated carbocycles. The number of hydrogen-bond donors (Lipinski definition) is 1. The number of hydrogen-bond acceptors (Lipinski definition) is 2. The van der Waals surface area contributed by atoms with Gasteiger partial charge in [0.15, 0.2) is 0 Å². The van der Waals surface area contributed by atoms with Crippen LogP contribution < -0.4 is 10.6 Å². The smallest absolute Gasteiger partial charge is 0.148 e. The summed E-state index contributed by atoms with van der Waals surface area (Å²) in [5.74, 6) is -0.315. The SMILES string of the molecule is CC1CCCCN1c1cccc(F)c1N. The summed E-state index contributed by atoms with van der Waals surface area (Å²) in [5, 5.41) is 0. The summed E-state index contributed by atoms with van der Waals surface area (Å²) in [6.45, 7) is 3.15. The molecule has 0 bridgehead atoms. The Kier molecular flexibility index (Phi) is 2.80. The second-order valence-electron chi connectivity index (χ2n) is 4.21. The third kappa shape index (κ3) is 1.91. The second-order valence-corrected chi connectivity index (χ2v) is 4.21. The number of nitrogens with two attached hydrogens (primary N) is 1. The van der Waals surface area contributed by atoms with Crippen molar-refractivity contribution in [1.29, 1.82) is 0 Å². The van der Waals surface area contributed by atoms with Gasteiger partial charge >= 0.3 is 0 Å². The van der Waals surface area contributed by atoms with Crippen molar-refractivity contribution in [3.63, 3.8) is 0 Å². The summed E-state index contributed by atoms with van der Waals surface area (Å²) in [4.78, 5) is 2.21. The van der Waals surface area contributed by atoms with Crippen molar-refractivity contribution < 1.29 is 4.39 Å². The molecule has 1 aromatic rings. The first kappa shape index (κ1) is 10.3. The quantitative estimate of drug-likeness (QED) is 0.719. The fourth-order valence-corrected chi connectivity index (χ4v) is 2.23. The lowest BCUT2D eigenvalue weighted by Crippen LogP contribution is -2.37.